The maximum atomic E-state index is 2.29. The van der Waals surface area contributed by atoms with Crippen molar-refractivity contribution in [3.05, 3.63) is 77.9 Å². The van der Waals surface area contributed by atoms with E-state index in [1.165, 1.54) is 43.4 Å². The molecule has 1 aliphatic carbocycles. The Balaban J connectivity index is 2.26. The summed E-state index contributed by atoms with van der Waals surface area (Å²) in [5, 5.41) is 8.32. The molecule has 98 valence electrons. The van der Waals surface area contributed by atoms with Crippen LogP contribution in [0.3, 0.4) is 0 Å². The largest absolute Gasteiger partial charge is 0.0795 e. The van der Waals surface area contributed by atoms with Crippen LogP contribution in [-0.4, -0.2) is 0 Å². The normalized spacial score (nSPS) is 13.3. The highest BCUT2D eigenvalue weighted by Gasteiger charge is 2.14. The standard InChI is InChI=1S/C21H14/c1-2-11-17-16(10-1)18-12-4-8-14-6-3-7-15-9-5-13-19(17)21(15)20(14)18/h1-6,8-13H,7H2. The van der Waals surface area contributed by atoms with Crippen LogP contribution >= 0.6 is 0 Å². The summed E-state index contributed by atoms with van der Waals surface area (Å²) in [4.78, 5) is 0. The van der Waals surface area contributed by atoms with Crippen molar-refractivity contribution in [2.75, 3.05) is 0 Å². The number of allylic oxidation sites excluding steroid dienone is 1. The van der Waals surface area contributed by atoms with Gasteiger partial charge in [-0.25, -0.2) is 0 Å². The molecule has 0 heterocycles. The topological polar surface area (TPSA) is 0 Å². The average Bonchev–Trinajstić information content (AvgIpc) is 2.74. The van der Waals surface area contributed by atoms with E-state index in [-0.39, 0.29) is 0 Å². The van der Waals surface area contributed by atoms with E-state index in [2.05, 4.69) is 72.8 Å². The Morgan fingerprint density at radius 2 is 1.24 bits per heavy atom. The molecule has 0 spiro atoms. The summed E-state index contributed by atoms with van der Waals surface area (Å²) in [5.74, 6) is 0. The molecule has 0 heteroatoms. The molecule has 1 aliphatic rings. The van der Waals surface area contributed by atoms with Crippen LogP contribution in [0.15, 0.2) is 66.7 Å². The van der Waals surface area contributed by atoms with Gasteiger partial charge < -0.3 is 0 Å². The summed E-state index contributed by atoms with van der Waals surface area (Å²) in [6.45, 7) is 0. The highest BCUT2D eigenvalue weighted by Crippen LogP contribution is 2.39. The third kappa shape index (κ3) is 1.39. The first-order valence-electron chi connectivity index (χ1n) is 7.45. The molecule has 0 bridgehead atoms. The average molecular weight is 266 g/mol. The molecule has 0 aromatic heterocycles. The van der Waals surface area contributed by atoms with Gasteiger partial charge in [-0.15, -0.1) is 0 Å². The molecule has 0 fully saturated rings. The van der Waals surface area contributed by atoms with E-state index in [0.717, 1.165) is 6.42 Å². The molecule has 4 aromatic rings. The van der Waals surface area contributed by atoms with E-state index < -0.39 is 0 Å². The zero-order valence-electron chi connectivity index (χ0n) is 11.6. The van der Waals surface area contributed by atoms with E-state index >= 15 is 0 Å². The van der Waals surface area contributed by atoms with Crippen molar-refractivity contribution in [1.82, 2.24) is 0 Å². The molecule has 0 atom stereocenters. The number of fused-ring (bicyclic) bond motifs is 3. The van der Waals surface area contributed by atoms with Crippen molar-refractivity contribution in [3.63, 3.8) is 0 Å². The van der Waals surface area contributed by atoms with Crippen molar-refractivity contribution in [2.45, 2.75) is 6.42 Å². The van der Waals surface area contributed by atoms with Crippen LogP contribution in [0.25, 0.3) is 38.4 Å². The van der Waals surface area contributed by atoms with E-state index in [9.17, 15) is 0 Å². The maximum Gasteiger partial charge on any atom is -0.00236 e. The van der Waals surface area contributed by atoms with Gasteiger partial charge in [-0.05, 0) is 49.9 Å². The Hall–Kier alpha value is -2.60. The van der Waals surface area contributed by atoms with Crippen LogP contribution in [0.2, 0.25) is 0 Å². The highest BCUT2D eigenvalue weighted by atomic mass is 14.2. The third-order valence-electron chi connectivity index (χ3n) is 4.64. The first-order chi connectivity index (χ1) is 10.4. The molecule has 5 rings (SSSR count). The van der Waals surface area contributed by atoms with Gasteiger partial charge in [0, 0.05) is 0 Å². The summed E-state index contributed by atoms with van der Waals surface area (Å²) in [7, 11) is 0. The predicted molar refractivity (Wildman–Crippen MR) is 91.7 cm³/mol. The lowest BCUT2D eigenvalue weighted by molar-refractivity contribution is 1.32. The van der Waals surface area contributed by atoms with Crippen molar-refractivity contribution in [2.24, 2.45) is 0 Å². The highest BCUT2D eigenvalue weighted by molar-refractivity contribution is 6.27. The van der Waals surface area contributed by atoms with Gasteiger partial charge in [0.05, 0.1) is 0 Å². The Morgan fingerprint density at radius 3 is 2.05 bits per heavy atom. The maximum absolute atomic E-state index is 2.29. The number of hydrogen-bond donors (Lipinski definition) is 0. The van der Waals surface area contributed by atoms with Crippen LogP contribution in [0.5, 0.6) is 0 Å². The number of benzene rings is 4. The molecule has 0 amide bonds. The van der Waals surface area contributed by atoms with Crippen molar-refractivity contribution in [3.8, 4) is 0 Å². The summed E-state index contributed by atoms with van der Waals surface area (Å²) in [6.07, 6.45) is 5.57. The van der Waals surface area contributed by atoms with Crippen LogP contribution in [0.1, 0.15) is 11.1 Å². The lowest BCUT2D eigenvalue weighted by Gasteiger charge is -2.13. The molecule has 0 radical (unpaired) electrons. The zero-order valence-corrected chi connectivity index (χ0v) is 11.6. The molecule has 21 heavy (non-hydrogen) atoms. The lowest BCUT2D eigenvalue weighted by atomic mass is 9.90. The minimum absolute atomic E-state index is 1.01. The van der Waals surface area contributed by atoms with Gasteiger partial charge in [-0.3, -0.25) is 0 Å². The second-order valence-electron chi connectivity index (χ2n) is 5.76. The summed E-state index contributed by atoms with van der Waals surface area (Å²) in [6, 6.07) is 22.2. The predicted octanol–water partition coefficient (Wildman–Crippen LogP) is 5.72. The third-order valence-corrected chi connectivity index (χ3v) is 4.64. The quantitative estimate of drug-likeness (QED) is 0.357. The van der Waals surface area contributed by atoms with Gasteiger partial charge in [-0.1, -0.05) is 72.8 Å². The van der Waals surface area contributed by atoms with E-state index in [4.69, 9.17) is 0 Å². The van der Waals surface area contributed by atoms with Gasteiger partial charge in [0.1, 0.15) is 0 Å². The van der Waals surface area contributed by atoms with E-state index in [1.54, 1.807) is 0 Å². The fourth-order valence-electron chi connectivity index (χ4n) is 3.77. The van der Waals surface area contributed by atoms with Crippen molar-refractivity contribution < 1.29 is 0 Å². The zero-order chi connectivity index (χ0) is 13.8. The molecule has 0 aliphatic heterocycles. The minimum atomic E-state index is 1.01. The molecular formula is C21H14. The molecule has 0 saturated carbocycles. The molecule has 4 aromatic carbocycles. The van der Waals surface area contributed by atoms with Gasteiger partial charge >= 0.3 is 0 Å². The molecule has 0 unspecified atom stereocenters. The van der Waals surface area contributed by atoms with E-state index in [0.29, 0.717) is 0 Å². The van der Waals surface area contributed by atoms with Gasteiger partial charge in [0.15, 0.2) is 0 Å². The SMILES string of the molecule is C1=Cc2cccc3c4ccccc4c4cccc(c4c23)C1. The second-order valence-corrected chi connectivity index (χ2v) is 5.76. The fraction of sp³-hybridized carbons (Fsp3) is 0.0476. The molecule has 0 N–H and O–H groups in total. The second kappa shape index (κ2) is 3.95. The van der Waals surface area contributed by atoms with Gasteiger partial charge in [0.25, 0.3) is 0 Å². The minimum Gasteiger partial charge on any atom is -0.0795 e. The van der Waals surface area contributed by atoms with Gasteiger partial charge in [0.2, 0.25) is 0 Å². The molecular weight excluding hydrogens is 252 g/mol. The first kappa shape index (κ1) is 11.1. The van der Waals surface area contributed by atoms with Gasteiger partial charge in [-0.2, -0.15) is 0 Å². The van der Waals surface area contributed by atoms with E-state index in [1.807, 2.05) is 0 Å². The number of rotatable bonds is 0. The Kier molecular flexibility index (Phi) is 2.09. The Labute approximate surface area is 123 Å². The van der Waals surface area contributed by atoms with Crippen LogP contribution < -0.4 is 0 Å². The lowest BCUT2D eigenvalue weighted by Crippen LogP contribution is -1.88. The summed E-state index contributed by atoms with van der Waals surface area (Å²) >= 11 is 0. The Bertz CT molecular complexity index is 1050. The summed E-state index contributed by atoms with van der Waals surface area (Å²) in [5.41, 5.74) is 2.78. The summed E-state index contributed by atoms with van der Waals surface area (Å²) < 4.78 is 0. The van der Waals surface area contributed by atoms with Crippen LogP contribution in [0, 0.1) is 0 Å². The smallest absolute Gasteiger partial charge is 0.00236 e. The molecule has 0 nitrogen and oxygen atoms in total. The molecule has 0 saturated heterocycles. The monoisotopic (exact) mass is 266 g/mol. The number of hydrogen-bond acceptors (Lipinski definition) is 0. The van der Waals surface area contributed by atoms with Crippen LogP contribution in [0.4, 0.5) is 0 Å². The fourth-order valence-corrected chi connectivity index (χ4v) is 3.77. The Morgan fingerprint density at radius 1 is 0.571 bits per heavy atom. The first-order valence-corrected chi connectivity index (χ1v) is 7.45. The van der Waals surface area contributed by atoms with Crippen LogP contribution in [-0.2, 0) is 6.42 Å². The van der Waals surface area contributed by atoms with Crippen molar-refractivity contribution in [1.29, 1.82) is 0 Å². The van der Waals surface area contributed by atoms with Crippen molar-refractivity contribution >= 4 is 38.4 Å².